The molecule has 4 rings (SSSR count). The molecule has 0 aliphatic heterocycles. The van der Waals surface area contributed by atoms with Crippen molar-refractivity contribution in [2.45, 2.75) is 319 Å². The lowest BCUT2D eigenvalue weighted by Crippen LogP contribution is -2.26. The molecule has 29 nitrogen and oxygen atoms in total. The van der Waals surface area contributed by atoms with Crippen molar-refractivity contribution in [3.8, 4) is 17.2 Å². The Kier molecular flexibility index (Phi) is 89.0. The van der Waals surface area contributed by atoms with E-state index in [0.717, 1.165) is 113 Å². The fraction of sp³-hybridized carbons (Fsp3) is 0.660. The van der Waals surface area contributed by atoms with Crippen molar-refractivity contribution in [2.75, 3.05) is 119 Å². The third kappa shape index (κ3) is 105. The molecule has 0 amide bonds. The number of phenols is 1. The van der Waals surface area contributed by atoms with Gasteiger partial charge in [0.05, 0.1) is 56.1 Å². The predicted octanol–water partition coefficient (Wildman–Crippen LogP) is 21.3. The summed E-state index contributed by atoms with van der Waals surface area (Å²) in [5.41, 5.74) is 0.830. The minimum absolute atomic E-state index is 0.0103. The van der Waals surface area contributed by atoms with Gasteiger partial charge in [0.1, 0.15) is 78.0 Å². The lowest BCUT2D eigenvalue weighted by atomic mass is 10.1. The number of esters is 7. The van der Waals surface area contributed by atoms with Crippen LogP contribution >= 0.6 is 26.6 Å². The SMILES string of the molecule is CC(C)(C)OC(=O)CBr.CC(C)(C)OC(=O)COCCCCCO.CCCCCC(=O)COCCCCCOc1ccc(C(=O)OC)cc1.CCCCCCO.CCCCCCOCC(=O)OC(C)(C)C.CCCCCCOCC(=O)OC(C)(C)C.COC(=O)c1ccc(O)cc1.COC(=O)c1ccc(OCCCCCOCC(C)=O)cc1.Cc1ccc(S(=O)(=O)Cl)cc1.O=CC(F)(F)F. The second-order valence-electron chi connectivity index (χ2n) is 33.9. The van der Waals surface area contributed by atoms with Crippen LogP contribution in [0.15, 0.2) is 102 Å². The van der Waals surface area contributed by atoms with Gasteiger partial charge < -0.3 is 81.6 Å². The summed E-state index contributed by atoms with van der Waals surface area (Å²) >= 11 is 2.99. The van der Waals surface area contributed by atoms with Crippen LogP contribution in [0.5, 0.6) is 17.2 Å². The lowest BCUT2D eigenvalue weighted by Gasteiger charge is -2.19. The van der Waals surface area contributed by atoms with Crippen molar-refractivity contribution >= 4 is 95.3 Å². The van der Waals surface area contributed by atoms with E-state index in [1.165, 1.54) is 122 Å². The molecule has 0 bridgehead atoms. The summed E-state index contributed by atoms with van der Waals surface area (Å²) in [6.45, 7) is 39.6. The number of benzene rings is 4. The summed E-state index contributed by atoms with van der Waals surface area (Å²) in [6, 6.07) is 26.0. The van der Waals surface area contributed by atoms with Crippen LogP contribution in [0.2, 0.25) is 0 Å². The van der Waals surface area contributed by atoms with Gasteiger partial charge in [-0.15, -0.1) is 0 Å². The predicted molar refractivity (Wildman–Crippen MR) is 522 cm³/mol. The fourth-order valence-electron chi connectivity index (χ4n) is 9.66. The zero-order valence-electron chi connectivity index (χ0n) is 84.4. The Hall–Kier alpha value is -8.19. The molecule has 135 heavy (non-hydrogen) atoms. The maximum Gasteiger partial charge on any atom is 0.446 e. The molecule has 0 saturated heterocycles. The smallest absolute Gasteiger partial charge is 0.446 e. The van der Waals surface area contributed by atoms with Gasteiger partial charge in [-0.25, -0.2) is 37.2 Å². The Bertz CT molecular complexity index is 3650. The number of carbonyl (C=O) groups is 10. The number of ketones is 2. The summed E-state index contributed by atoms with van der Waals surface area (Å²) in [5, 5.41) is 25.9. The number of methoxy groups -OCH3 is 3. The second-order valence-corrected chi connectivity index (χ2v) is 37.1. The number of aldehydes is 1. The van der Waals surface area contributed by atoms with E-state index in [4.69, 9.17) is 82.9 Å². The van der Waals surface area contributed by atoms with E-state index in [0.29, 0.717) is 76.0 Å². The molecule has 0 aliphatic rings. The van der Waals surface area contributed by atoms with Crippen molar-refractivity contribution < 1.29 is 151 Å². The Morgan fingerprint density at radius 3 is 0.919 bits per heavy atom. The topological polar surface area (TPSA) is 395 Å². The van der Waals surface area contributed by atoms with Crippen LogP contribution in [0, 0.1) is 6.92 Å². The number of hydrogen-bond donors (Lipinski definition) is 3. The third-order valence-electron chi connectivity index (χ3n) is 16.0. The average Bonchev–Trinajstić information content (AvgIpc) is 0.861. The molecule has 35 heteroatoms. The second kappa shape index (κ2) is 87.3. The summed E-state index contributed by atoms with van der Waals surface area (Å²) in [6.07, 6.45) is 20.3. The van der Waals surface area contributed by atoms with Gasteiger partial charge in [0.2, 0.25) is 6.29 Å². The molecule has 0 fully saturated rings. The normalized spacial score (nSPS) is 10.8. The van der Waals surface area contributed by atoms with E-state index in [1.807, 2.05) is 90.0 Å². The van der Waals surface area contributed by atoms with Crippen LogP contribution in [0.4, 0.5) is 13.2 Å². The first-order valence-electron chi connectivity index (χ1n) is 45.9. The van der Waals surface area contributed by atoms with Gasteiger partial charge in [-0.2, -0.15) is 13.2 Å². The van der Waals surface area contributed by atoms with Crippen LogP contribution in [-0.4, -0.2) is 231 Å². The van der Waals surface area contributed by atoms with Crippen molar-refractivity contribution in [1.82, 2.24) is 0 Å². The van der Waals surface area contributed by atoms with Crippen molar-refractivity contribution in [3.05, 3.63) is 119 Å². The molecule has 0 unspecified atom stereocenters. The number of Topliss-reactive ketones (excluding diaryl/α,β-unsaturated/α-hetero) is 2. The molecule has 3 N–H and O–H groups in total. The number of aliphatic hydroxyl groups is 2. The fourth-order valence-corrected chi connectivity index (χ4v) is 10.5. The van der Waals surface area contributed by atoms with E-state index >= 15 is 0 Å². The molecule has 0 atom stereocenters. The summed E-state index contributed by atoms with van der Waals surface area (Å²) in [7, 11) is 5.56. The highest BCUT2D eigenvalue weighted by Crippen LogP contribution is 2.19. The standard InChI is InChI=1S/C20H30O5.C16H22O5.2C12H24O3.C11H22O4.C8H8O3.C7H7ClO2S.C6H11BrO2.C6H14O.C2HF3O/c1-3-4-6-9-18(21)16-24-14-7-5-8-15-25-19-12-10-17(11-13-19)20(22)23-2;1-13(17)12-20-10-4-3-5-11-21-15-8-6-14(7-9-15)16(18)19-2;2*1-5-6-7-8-9-14-10-11(13)15-12(2,3)4;1-11(2,3)15-10(13)9-14-8-6-4-5-7-12;1-11-8(10)6-2-4-7(9)5-3-6;1-6-2-4-7(5-3-6)11(8,9)10;1-6(2,3)9-5(8)4-7;1-2-3-4-5-6-7;3-2(4,5)1-6/h10-13H,3-9,14-16H2,1-2H3;6-9H,3-5,10-12H2,1-2H3;2*5-10H2,1-4H3;12H,4-9H2,1-3H3;2-5,9H,1H3;2-5H,1H3;4H2,1-3H3;7H,2-6H2,1H3;1H. The highest BCUT2D eigenvalue weighted by Gasteiger charge is 2.25. The molecule has 4 aromatic rings. The number of phenolic OH excluding ortho intramolecular Hbond substituents is 1. The molecular weight excluding hydrogens is 1870 g/mol. The van der Waals surface area contributed by atoms with Crippen LogP contribution in [-0.2, 0) is 99.5 Å². The van der Waals surface area contributed by atoms with Gasteiger partial charge in [-0.3, -0.25) is 19.2 Å². The molecule has 0 radical (unpaired) electrons. The number of hydrogen-bond acceptors (Lipinski definition) is 29. The zero-order valence-corrected chi connectivity index (χ0v) is 87.5. The Morgan fingerprint density at radius 1 is 0.385 bits per heavy atom. The number of carbonyl (C=O) groups excluding carboxylic acids is 10. The van der Waals surface area contributed by atoms with E-state index in [-0.39, 0.29) is 109 Å². The van der Waals surface area contributed by atoms with Crippen molar-refractivity contribution in [1.29, 1.82) is 0 Å². The van der Waals surface area contributed by atoms with Crippen LogP contribution < -0.4 is 9.47 Å². The molecule has 4 aromatic carbocycles. The number of rotatable bonds is 52. The monoisotopic (exact) mass is 2030 g/mol. The largest absolute Gasteiger partial charge is 0.508 e. The summed E-state index contributed by atoms with van der Waals surface area (Å²) < 4.78 is 124. The average molecular weight is 2030 g/mol. The minimum Gasteiger partial charge on any atom is -0.508 e. The Balaban J connectivity index is -0.000000351. The van der Waals surface area contributed by atoms with E-state index in [2.05, 4.69) is 57.8 Å². The number of ether oxygens (including phenoxy) is 14. The van der Waals surface area contributed by atoms with Gasteiger partial charge in [0.25, 0.3) is 9.05 Å². The van der Waals surface area contributed by atoms with Gasteiger partial charge in [-0.1, -0.05) is 132 Å². The third-order valence-corrected chi connectivity index (χ3v) is 17.8. The van der Waals surface area contributed by atoms with Crippen molar-refractivity contribution in [3.63, 3.8) is 0 Å². The van der Waals surface area contributed by atoms with Crippen LogP contribution in [0.1, 0.15) is 315 Å². The van der Waals surface area contributed by atoms with Gasteiger partial charge in [-0.05, 0) is 265 Å². The number of unbranched alkanes of at least 4 members (excludes halogenated alkanes) is 17. The van der Waals surface area contributed by atoms with Crippen molar-refractivity contribution in [2.24, 2.45) is 0 Å². The molecule has 0 aliphatic carbocycles. The molecule has 0 spiro atoms. The maximum absolute atomic E-state index is 11.5. The lowest BCUT2D eigenvalue weighted by molar-refractivity contribution is -0.161. The zero-order chi connectivity index (χ0) is 104. The first-order valence-corrected chi connectivity index (χ1v) is 49.4. The number of aryl methyl sites for hydroxylation is 1. The highest BCUT2D eigenvalue weighted by atomic mass is 79.9. The molecule has 0 saturated carbocycles. The number of aromatic hydroxyl groups is 1. The Morgan fingerprint density at radius 2 is 0.652 bits per heavy atom. The highest BCUT2D eigenvalue weighted by molar-refractivity contribution is 9.09. The number of aliphatic hydroxyl groups excluding tert-OH is 2. The minimum atomic E-state index is -4.64. The molecule has 0 heterocycles. The summed E-state index contributed by atoms with van der Waals surface area (Å²) in [5.74, 6) is -0.355. The number of alkyl halides is 4. The van der Waals surface area contributed by atoms with Crippen LogP contribution in [0.3, 0.4) is 0 Å². The quantitative estimate of drug-likeness (QED) is 0.00923. The van der Waals surface area contributed by atoms with E-state index in [9.17, 15) is 64.7 Å². The molecule has 778 valence electrons. The van der Waals surface area contributed by atoms with Crippen LogP contribution in [0.25, 0.3) is 0 Å². The molecule has 0 aromatic heterocycles. The van der Waals surface area contributed by atoms with Gasteiger partial charge in [0.15, 0.2) is 11.6 Å². The Labute approximate surface area is 816 Å². The number of halogens is 5. The summed E-state index contributed by atoms with van der Waals surface area (Å²) in [4.78, 5) is 109. The maximum atomic E-state index is 11.5. The van der Waals surface area contributed by atoms with Gasteiger partial charge >= 0.3 is 48.0 Å². The van der Waals surface area contributed by atoms with E-state index < -0.39 is 44.3 Å². The van der Waals surface area contributed by atoms with E-state index in [1.54, 1.807) is 60.7 Å². The first-order chi connectivity index (χ1) is 63.3. The van der Waals surface area contributed by atoms with Gasteiger partial charge in [0, 0.05) is 63.4 Å². The first kappa shape index (κ1) is 138. The molecular formula is C100H163BrClF3O29S.